The number of hydrogen-bond acceptors (Lipinski definition) is 5. The second-order valence-corrected chi connectivity index (χ2v) is 6.06. The monoisotopic (exact) mass is 320 g/mol. The van der Waals surface area contributed by atoms with E-state index in [1.807, 2.05) is 41.5 Å². The van der Waals surface area contributed by atoms with Crippen LogP contribution >= 0.6 is 0 Å². The lowest BCUT2D eigenvalue weighted by atomic mass is 10.1. The van der Waals surface area contributed by atoms with Crippen LogP contribution in [0.4, 0.5) is 5.95 Å². The molecule has 4 rings (SSSR count). The predicted octanol–water partition coefficient (Wildman–Crippen LogP) is 2.08. The van der Waals surface area contributed by atoms with Gasteiger partial charge in [-0.2, -0.15) is 5.10 Å². The molecule has 2 aromatic heterocycles. The van der Waals surface area contributed by atoms with Crippen LogP contribution in [-0.2, 0) is 0 Å². The first kappa shape index (κ1) is 14.8. The molecule has 1 fully saturated rings. The summed E-state index contributed by atoms with van der Waals surface area (Å²) in [4.78, 5) is 13.7. The van der Waals surface area contributed by atoms with Gasteiger partial charge in [0.15, 0.2) is 0 Å². The van der Waals surface area contributed by atoms with Crippen LogP contribution in [0.15, 0.2) is 55.1 Å². The molecule has 0 unspecified atom stereocenters. The van der Waals surface area contributed by atoms with E-state index in [-0.39, 0.29) is 0 Å². The minimum atomic E-state index is 0.815. The number of likely N-dealkylation sites (N-methyl/N-ethyl adjacent to an activating group) is 1. The van der Waals surface area contributed by atoms with E-state index in [9.17, 15) is 0 Å². The fourth-order valence-corrected chi connectivity index (χ4v) is 2.89. The maximum absolute atomic E-state index is 4.57. The zero-order valence-electron chi connectivity index (χ0n) is 13.7. The highest BCUT2D eigenvalue weighted by Crippen LogP contribution is 2.22. The minimum absolute atomic E-state index is 0.815. The lowest BCUT2D eigenvalue weighted by molar-refractivity contribution is 0.311. The molecule has 3 aromatic rings. The van der Waals surface area contributed by atoms with Gasteiger partial charge in [0.05, 0.1) is 5.69 Å². The second kappa shape index (κ2) is 6.41. The van der Waals surface area contributed by atoms with Crippen LogP contribution < -0.4 is 4.90 Å². The predicted molar refractivity (Wildman–Crippen MR) is 94.3 cm³/mol. The van der Waals surface area contributed by atoms with Crippen LogP contribution in [0, 0.1) is 0 Å². The molecule has 0 atom stereocenters. The molecule has 0 aliphatic carbocycles. The molecule has 3 heterocycles. The first-order valence-corrected chi connectivity index (χ1v) is 8.15. The third kappa shape index (κ3) is 3.00. The molecule has 122 valence electrons. The number of rotatable bonds is 3. The second-order valence-electron chi connectivity index (χ2n) is 6.06. The van der Waals surface area contributed by atoms with E-state index in [2.05, 4.69) is 44.0 Å². The number of benzene rings is 1. The Balaban J connectivity index is 1.56. The molecule has 0 amide bonds. The fourth-order valence-electron chi connectivity index (χ4n) is 2.89. The first-order chi connectivity index (χ1) is 11.8. The quantitative estimate of drug-likeness (QED) is 0.739. The van der Waals surface area contributed by atoms with Crippen LogP contribution in [0.1, 0.15) is 0 Å². The first-order valence-electron chi connectivity index (χ1n) is 8.15. The zero-order valence-corrected chi connectivity index (χ0v) is 13.7. The zero-order chi connectivity index (χ0) is 16.4. The van der Waals surface area contributed by atoms with Crippen molar-refractivity contribution in [1.82, 2.24) is 24.6 Å². The third-order valence-electron chi connectivity index (χ3n) is 4.37. The molecule has 0 spiro atoms. The number of anilines is 1. The fraction of sp³-hybridized carbons (Fsp3) is 0.278. The molecule has 0 bridgehead atoms. The van der Waals surface area contributed by atoms with Crippen LogP contribution in [0.5, 0.6) is 0 Å². The number of aromatic nitrogens is 4. The summed E-state index contributed by atoms with van der Waals surface area (Å²) in [6.07, 6.45) is 7.53. The van der Waals surface area contributed by atoms with Gasteiger partial charge in [-0.05, 0) is 30.8 Å². The van der Waals surface area contributed by atoms with Crippen molar-refractivity contribution in [3.8, 4) is 16.8 Å². The highest BCUT2D eigenvalue weighted by molar-refractivity contribution is 5.64. The van der Waals surface area contributed by atoms with E-state index < -0.39 is 0 Å². The van der Waals surface area contributed by atoms with Crippen molar-refractivity contribution in [3.05, 3.63) is 55.1 Å². The Morgan fingerprint density at radius 2 is 1.71 bits per heavy atom. The van der Waals surface area contributed by atoms with E-state index >= 15 is 0 Å². The van der Waals surface area contributed by atoms with E-state index in [1.54, 1.807) is 6.20 Å². The summed E-state index contributed by atoms with van der Waals surface area (Å²) in [6.45, 7) is 4.06. The van der Waals surface area contributed by atoms with Gasteiger partial charge in [0.25, 0.3) is 0 Å². The minimum Gasteiger partial charge on any atom is -0.338 e. The van der Waals surface area contributed by atoms with E-state index in [0.29, 0.717) is 0 Å². The Hall–Kier alpha value is -2.73. The summed E-state index contributed by atoms with van der Waals surface area (Å²) in [5.41, 5.74) is 3.13. The molecule has 6 nitrogen and oxygen atoms in total. The summed E-state index contributed by atoms with van der Waals surface area (Å²) in [5, 5.41) is 4.28. The van der Waals surface area contributed by atoms with E-state index in [4.69, 9.17) is 0 Å². The SMILES string of the molecule is CN1CCN(c2ncc(-c3cccc(-n4cccn4)c3)cn2)CC1. The lowest BCUT2D eigenvalue weighted by Crippen LogP contribution is -2.45. The van der Waals surface area contributed by atoms with Gasteiger partial charge in [-0.25, -0.2) is 14.6 Å². The average molecular weight is 320 g/mol. The molecule has 1 aliphatic rings. The van der Waals surface area contributed by atoms with Crippen molar-refractivity contribution >= 4 is 5.95 Å². The standard InChI is InChI=1S/C18H20N6/c1-22-8-10-23(11-9-22)18-19-13-16(14-20-18)15-4-2-5-17(12-15)24-7-3-6-21-24/h2-7,12-14H,8-11H2,1H3. The van der Waals surface area contributed by atoms with E-state index in [0.717, 1.165) is 48.9 Å². The third-order valence-corrected chi connectivity index (χ3v) is 4.37. The molecular formula is C18H20N6. The van der Waals surface area contributed by atoms with Crippen molar-refractivity contribution in [2.24, 2.45) is 0 Å². The molecular weight excluding hydrogens is 300 g/mol. The van der Waals surface area contributed by atoms with Gasteiger partial charge in [0, 0.05) is 56.5 Å². The molecule has 24 heavy (non-hydrogen) atoms. The van der Waals surface area contributed by atoms with Crippen LogP contribution in [0.25, 0.3) is 16.8 Å². The summed E-state index contributed by atoms with van der Waals surface area (Å²) >= 11 is 0. The number of hydrogen-bond donors (Lipinski definition) is 0. The van der Waals surface area contributed by atoms with Gasteiger partial charge in [-0.1, -0.05) is 12.1 Å². The van der Waals surface area contributed by atoms with Crippen molar-refractivity contribution in [1.29, 1.82) is 0 Å². The molecule has 1 saturated heterocycles. The maximum atomic E-state index is 4.57. The van der Waals surface area contributed by atoms with Crippen LogP contribution in [-0.4, -0.2) is 57.9 Å². The molecule has 0 radical (unpaired) electrons. The van der Waals surface area contributed by atoms with Gasteiger partial charge in [0.2, 0.25) is 5.95 Å². The summed E-state index contributed by atoms with van der Waals surface area (Å²) in [6, 6.07) is 10.2. The van der Waals surface area contributed by atoms with Crippen molar-refractivity contribution in [3.63, 3.8) is 0 Å². The van der Waals surface area contributed by atoms with Crippen molar-refractivity contribution in [2.75, 3.05) is 38.1 Å². The molecule has 1 aliphatic heterocycles. The summed E-state index contributed by atoms with van der Waals surface area (Å²) < 4.78 is 1.85. The van der Waals surface area contributed by atoms with Gasteiger partial charge in [-0.3, -0.25) is 0 Å². The Morgan fingerprint density at radius 1 is 0.917 bits per heavy atom. The van der Waals surface area contributed by atoms with Crippen molar-refractivity contribution in [2.45, 2.75) is 0 Å². The molecule has 1 aromatic carbocycles. The lowest BCUT2D eigenvalue weighted by Gasteiger charge is -2.32. The molecule has 6 heteroatoms. The van der Waals surface area contributed by atoms with Crippen LogP contribution in [0.3, 0.4) is 0 Å². The summed E-state index contributed by atoms with van der Waals surface area (Å²) in [5.74, 6) is 0.815. The van der Waals surface area contributed by atoms with Gasteiger partial charge >= 0.3 is 0 Å². The highest BCUT2D eigenvalue weighted by Gasteiger charge is 2.16. The normalized spacial score (nSPS) is 15.6. The molecule has 0 N–H and O–H groups in total. The molecule has 0 saturated carbocycles. The highest BCUT2D eigenvalue weighted by atomic mass is 15.3. The topological polar surface area (TPSA) is 50.1 Å². The van der Waals surface area contributed by atoms with Crippen molar-refractivity contribution < 1.29 is 0 Å². The van der Waals surface area contributed by atoms with Gasteiger partial charge in [-0.15, -0.1) is 0 Å². The average Bonchev–Trinajstić information content (AvgIpc) is 3.17. The van der Waals surface area contributed by atoms with Gasteiger partial charge in [0.1, 0.15) is 0 Å². The summed E-state index contributed by atoms with van der Waals surface area (Å²) in [7, 11) is 2.15. The largest absolute Gasteiger partial charge is 0.338 e. The van der Waals surface area contributed by atoms with E-state index in [1.165, 1.54) is 0 Å². The Kier molecular flexibility index (Phi) is 3.96. The smallest absolute Gasteiger partial charge is 0.225 e. The van der Waals surface area contributed by atoms with Gasteiger partial charge < -0.3 is 9.80 Å². The Morgan fingerprint density at radius 3 is 2.42 bits per heavy atom. The number of nitrogens with zero attached hydrogens (tertiary/aromatic N) is 6. The Labute approximate surface area is 141 Å². The Bertz CT molecular complexity index is 789. The van der Waals surface area contributed by atoms with Crippen LogP contribution in [0.2, 0.25) is 0 Å². The number of piperazine rings is 1. The maximum Gasteiger partial charge on any atom is 0.225 e.